The summed E-state index contributed by atoms with van der Waals surface area (Å²) in [5, 5.41) is 9.39. The molecule has 0 aromatic carbocycles. The number of hydrogen-bond donors (Lipinski definition) is 1. The number of aliphatic hydroxyl groups is 1. The van der Waals surface area contributed by atoms with E-state index in [1.54, 1.807) is 0 Å². The van der Waals surface area contributed by atoms with Gasteiger partial charge in [0.05, 0.1) is 18.6 Å². The Hall–Kier alpha value is -0.870. The highest BCUT2D eigenvalue weighted by atomic mass is 16.3. The molecule has 1 aromatic rings. The topological polar surface area (TPSA) is 41.3 Å². The molecule has 1 atom stereocenters. The summed E-state index contributed by atoms with van der Waals surface area (Å²) in [6.07, 6.45) is 2.77. The van der Waals surface area contributed by atoms with Gasteiger partial charge in [-0.1, -0.05) is 0 Å². The van der Waals surface area contributed by atoms with Crippen molar-refractivity contribution in [2.24, 2.45) is 7.05 Å². The molecule has 0 saturated carbocycles. The van der Waals surface area contributed by atoms with Crippen molar-refractivity contribution in [2.45, 2.75) is 38.9 Å². The Labute approximate surface area is 90.5 Å². The number of imidazole rings is 1. The molecule has 4 heteroatoms. The van der Waals surface area contributed by atoms with E-state index in [0.29, 0.717) is 6.04 Å². The van der Waals surface area contributed by atoms with Crippen molar-refractivity contribution in [3.63, 3.8) is 0 Å². The van der Waals surface area contributed by atoms with Gasteiger partial charge in [-0.05, 0) is 13.8 Å². The molecule has 0 spiro atoms. The van der Waals surface area contributed by atoms with Crippen LogP contribution in [0.25, 0.3) is 0 Å². The molecule has 1 aromatic heterocycles. The molecule has 15 heavy (non-hydrogen) atoms. The van der Waals surface area contributed by atoms with Crippen LogP contribution in [-0.4, -0.2) is 38.2 Å². The van der Waals surface area contributed by atoms with Crippen molar-refractivity contribution in [3.8, 4) is 0 Å². The van der Waals surface area contributed by atoms with E-state index in [1.165, 1.54) is 5.69 Å². The van der Waals surface area contributed by atoms with Crippen molar-refractivity contribution in [1.82, 2.24) is 14.5 Å². The zero-order valence-electron chi connectivity index (χ0n) is 9.64. The molecular weight excluding hydrogens is 190 g/mol. The second kappa shape index (κ2) is 3.94. The number of hydrogen-bond acceptors (Lipinski definition) is 3. The summed E-state index contributed by atoms with van der Waals surface area (Å²) in [6.45, 7) is 5.41. The number of fused-ring (bicyclic) bond motifs is 1. The summed E-state index contributed by atoms with van der Waals surface area (Å²) < 4.78 is 2.07. The van der Waals surface area contributed by atoms with E-state index in [2.05, 4.69) is 28.3 Å². The van der Waals surface area contributed by atoms with Crippen LogP contribution >= 0.6 is 0 Å². The summed E-state index contributed by atoms with van der Waals surface area (Å²) in [5.41, 5.74) is 2.43. The fraction of sp³-hybridized carbons (Fsp3) is 0.727. The van der Waals surface area contributed by atoms with Gasteiger partial charge in [-0.25, -0.2) is 4.98 Å². The number of rotatable bonds is 2. The van der Waals surface area contributed by atoms with Gasteiger partial charge in [0.1, 0.15) is 0 Å². The number of aryl methyl sites for hydroxylation is 1. The van der Waals surface area contributed by atoms with Crippen LogP contribution in [0.3, 0.4) is 0 Å². The van der Waals surface area contributed by atoms with E-state index < -0.39 is 0 Å². The van der Waals surface area contributed by atoms with Gasteiger partial charge in [-0.3, -0.25) is 4.90 Å². The fourth-order valence-corrected chi connectivity index (χ4v) is 2.31. The van der Waals surface area contributed by atoms with Crippen LogP contribution in [0, 0.1) is 0 Å². The Kier molecular flexibility index (Phi) is 2.80. The van der Waals surface area contributed by atoms with E-state index >= 15 is 0 Å². The van der Waals surface area contributed by atoms with Crippen LogP contribution in [0.4, 0.5) is 0 Å². The van der Waals surface area contributed by atoms with Gasteiger partial charge >= 0.3 is 0 Å². The van der Waals surface area contributed by atoms with Crippen molar-refractivity contribution >= 4 is 0 Å². The Balaban J connectivity index is 2.28. The lowest BCUT2D eigenvalue weighted by atomic mass is 10.0. The Bertz CT molecular complexity index is 346. The van der Waals surface area contributed by atoms with Crippen molar-refractivity contribution in [2.75, 3.05) is 6.61 Å². The van der Waals surface area contributed by atoms with Gasteiger partial charge < -0.3 is 9.67 Å². The van der Waals surface area contributed by atoms with Crippen LogP contribution in [0.2, 0.25) is 0 Å². The fourth-order valence-electron chi connectivity index (χ4n) is 2.31. The first-order valence-electron chi connectivity index (χ1n) is 5.49. The number of aliphatic hydroxyl groups excluding tert-OH is 1. The highest BCUT2D eigenvalue weighted by Crippen LogP contribution is 2.23. The quantitative estimate of drug-likeness (QED) is 0.773. The minimum atomic E-state index is 0.225. The maximum Gasteiger partial charge on any atom is 0.0949 e. The van der Waals surface area contributed by atoms with Gasteiger partial charge in [0.25, 0.3) is 0 Å². The van der Waals surface area contributed by atoms with E-state index in [1.807, 2.05) is 13.4 Å². The lowest BCUT2D eigenvalue weighted by Gasteiger charge is -2.37. The third kappa shape index (κ3) is 1.79. The largest absolute Gasteiger partial charge is 0.395 e. The highest BCUT2D eigenvalue weighted by molar-refractivity contribution is 5.18. The smallest absolute Gasteiger partial charge is 0.0949 e. The molecule has 2 heterocycles. The average molecular weight is 209 g/mol. The van der Waals surface area contributed by atoms with E-state index in [4.69, 9.17) is 0 Å². The van der Waals surface area contributed by atoms with Crippen molar-refractivity contribution in [3.05, 3.63) is 17.7 Å². The van der Waals surface area contributed by atoms with Crippen molar-refractivity contribution in [1.29, 1.82) is 0 Å². The minimum Gasteiger partial charge on any atom is -0.395 e. The zero-order chi connectivity index (χ0) is 11.0. The van der Waals surface area contributed by atoms with Crippen LogP contribution < -0.4 is 0 Å². The van der Waals surface area contributed by atoms with Crippen LogP contribution in [0.1, 0.15) is 25.2 Å². The second-order valence-corrected chi connectivity index (χ2v) is 4.56. The molecule has 84 valence electrons. The second-order valence-electron chi connectivity index (χ2n) is 4.56. The van der Waals surface area contributed by atoms with Crippen LogP contribution in [0.5, 0.6) is 0 Å². The normalized spacial score (nSPS) is 22.1. The maximum absolute atomic E-state index is 9.39. The molecule has 0 unspecified atom stereocenters. The molecule has 1 aliphatic rings. The minimum absolute atomic E-state index is 0.225. The summed E-state index contributed by atoms with van der Waals surface area (Å²) in [4.78, 5) is 6.71. The van der Waals surface area contributed by atoms with Gasteiger partial charge in [0.15, 0.2) is 0 Å². The Morgan fingerprint density at radius 2 is 2.33 bits per heavy atom. The van der Waals surface area contributed by atoms with Gasteiger partial charge in [0.2, 0.25) is 0 Å². The van der Waals surface area contributed by atoms with Crippen LogP contribution in [-0.2, 0) is 20.0 Å². The van der Waals surface area contributed by atoms with Crippen LogP contribution in [0.15, 0.2) is 6.33 Å². The third-order valence-corrected chi connectivity index (χ3v) is 3.25. The lowest BCUT2D eigenvalue weighted by molar-refractivity contribution is 0.0764. The Morgan fingerprint density at radius 3 is 2.93 bits per heavy atom. The predicted molar refractivity (Wildman–Crippen MR) is 58.5 cm³/mol. The first kappa shape index (κ1) is 10.6. The molecule has 0 aliphatic carbocycles. The molecule has 1 N–H and O–H groups in total. The summed E-state index contributed by atoms with van der Waals surface area (Å²) in [7, 11) is 2.02. The van der Waals surface area contributed by atoms with Crippen molar-refractivity contribution < 1.29 is 5.11 Å². The first-order chi connectivity index (χ1) is 7.13. The SMILES string of the molecule is CC(C)N1Cc2ncn(C)c2C[C@@H]1CO. The molecule has 0 bridgehead atoms. The van der Waals surface area contributed by atoms with E-state index in [-0.39, 0.29) is 12.6 Å². The van der Waals surface area contributed by atoms with E-state index in [0.717, 1.165) is 18.7 Å². The molecule has 4 nitrogen and oxygen atoms in total. The number of aromatic nitrogens is 2. The standard InChI is InChI=1S/C11H19N3O/c1-8(2)14-5-10-11(4-9(14)6-15)13(3)7-12-10/h7-9,15H,4-6H2,1-3H3/t9-/m1/s1. The zero-order valence-corrected chi connectivity index (χ0v) is 9.64. The lowest BCUT2D eigenvalue weighted by Crippen LogP contribution is -2.46. The average Bonchev–Trinajstić information content (AvgIpc) is 2.58. The summed E-state index contributed by atoms with van der Waals surface area (Å²) in [6, 6.07) is 0.699. The molecule has 0 radical (unpaired) electrons. The predicted octanol–water partition coefficient (Wildman–Crippen LogP) is 0.547. The summed E-state index contributed by atoms with van der Waals surface area (Å²) >= 11 is 0. The molecule has 0 fully saturated rings. The number of nitrogens with zero attached hydrogens (tertiary/aromatic N) is 3. The first-order valence-corrected chi connectivity index (χ1v) is 5.49. The molecule has 2 rings (SSSR count). The third-order valence-electron chi connectivity index (χ3n) is 3.25. The Morgan fingerprint density at radius 1 is 1.60 bits per heavy atom. The molecule has 0 amide bonds. The molecular formula is C11H19N3O. The van der Waals surface area contributed by atoms with Gasteiger partial charge in [0, 0.05) is 37.8 Å². The molecule has 1 aliphatic heterocycles. The van der Waals surface area contributed by atoms with Gasteiger partial charge in [-0.15, -0.1) is 0 Å². The van der Waals surface area contributed by atoms with Gasteiger partial charge in [-0.2, -0.15) is 0 Å². The monoisotopic (exact) mass is 209 g/mol. The molecule has 0 saturated heterocycles. The van der Waals surface area contributed by atoms with E-state index in [9.17, 15) is 5.11 Å². The summed E-state index contributed by atoms with van der Waals surface area (Å²) in [5.74, 6) is 0. The maximum atomic E-state index is 9.39. The highest BCUT2D eigenvalue weighted by Gasteiger charge is 2.29.